The SMILES string of the molecule is COc1nc2c(c(-c3cc(Cl)ccc3F)c1C#N)Cc1ccccc1-2. The van der Waals surface area contributed by atoms with Gasteiger partial charge in [-0.15, -0.1) is 0 Å². The molecule has 1 aliphatic carbocycles. The molecule has 0 N–H and O–H groups in total. The molecule has 1 aliphatic rings. The van der Waals surface area contributed by atoms with Crippen molar-refractivity contribution < 1.29 is 9.13 Å². The Balaban J connectivity index is 2.11. The minimum Gasteiger partial charge on any atom is -0.480 e. The lowest BCUT2D eigenvalue weighted by Crippen LogP contribution is -2.02. The van der Waals surface area contributed by atoms with Crippen molar-refractivity contribution >= 4 is 11.6 Å². The van der Waals surface area contributed by atoms with Gasteiger partial charge in [0.15, 0.2) is 0 Å². The van der Waals surface area contributed by atoms with E-state index in [0.717, 1.165) is 22.4 Å². The molecule has 1 heterocycles. The summed E-state index contributed by atoms with van der Waals surface area (Å²) in [5, 5.41) is 10.1. The van der Waals surface area contributed by atoms with Crippen molar-refractivity contribution in [3.63, 3.8) is 0 Å². The number of pyridine rings is 1. The summed E-state index contributed by atoms with van der Waals surface area (Å²) in [6.07, 6.45) is 0.582. The van der Waals surface area contributed by atoms with E-state index in [9.17, 15) is 9.65 Å². The van der Waals surface area contributed by atoms with Gasteiger partial charge in [-0.2, -0.15) is 5.26 Å². The first kappa shape index (κ1) is 15.6. The number of nitriles is 1. The van der Waals surface area contributed by atoms with E-state index in [0.29, 0.717) is 17.0 Å². The summed E-state index contributed by atoms with van der Waals surface area (Å²) in [6, 6.07) is 14.3. The van der Waals surface area contributed by atoms with E-state index in [1.165, 1.54) is 25.3 Å². The number of aromatic nitrogens is 1. The monoisotopic (exact) mass is 350 g/mol. The standard InChI is InChI=1S/C20H12ClFN2O/c1-25-20-16(10-23)18(14-9-12(21)6-7-17(14)22)15-8-11-4-2-3-5-13(11)19(15)24-20/h2-7,9H,8H2,1H3. The van der Waals surface area contributed by atoms with Gasteiger partial charge in [0.1, 0.15) is 17.4 Å². The number of fused-ring (bicyclic) bond motifs is 3. The van der Waals surface area contributed by atoms with E-state index in [4.69, 9.17) is 16.3 Å². The van der Waals surface area contributed by atoms with Gasteiger partial charge in [-0.3, -0.25) is 0 Å². The second kappa shape index (κ2) is 5.87. The molecule has 0 aliphatic heterocycles. The van der Waals surface area contributed by atoms with Crippen molar-refractivity contribution in [2.24, 2.45) is 0 Å². The highest BCUT2D eigenvalue weighted by Crippen LogP contribution is 2.45. The average molecular weight is 351 g/mol. The van der Waals surface area contributed by atoms with Crippen LogP contribution < -0.4 is 4.74 Å². The fraction of sp³-hybridized carbons (Fsp3) is 0.100. The van der Waals surface area contributed by atoms with E-state index in [1.807, 2.05) is 24.3 Å². The van der Waals surface area contributed by atoms with Crippen molar-refractivity contribution in [2.75, 3.05) is 7.11 Å². The second-order valence-electron chi connectivity index (χ2n) is 5.77. The Bertz CT molecular complexity index is 1060. The van der Waals surface area contributed by atoms with Crippen molar-refractivity contribution in [3.05, 3.63) is 70.0 Å². The minimum atomic E-state index is -0.438. The summed E-state index contributed by atoms with van der Waals surface area (Å²) in [7, 11) is 1.45. The number of halogens is 2. The summed E-state index contributed by atoms with van der Waals surface area (Å²) >= 11 is 6.08. The van der Waals surface area contributed by atoms with Crippen LogP contribution in [0.4, 0.5) is 4.39 Å². The molecule has 0 atom stereocenters. The molecule has 0 radical (unpaired) electrons. The van der Waals surface area contributed by atoms with Gasteiger partial charge in [0, 0.05) is 28.1 Å². The molecule has 3 nitrogen and oxygen atoms in total. The minimum absolute atomic E-state index is 0.187. The van der Waals surface area contributed by atoms with E-state index < -0.39 is 5.82 Å². The van der Waals surface area contributed by atoms with Crippen molar-refractivity contribution in [1.29, 1.82) is 5.26 Å². The first-order valence-electron chi connectivity index (χ1n) is 7.68. The smallest absolute Gasteiger partial charge is 0.232 e. The molecule has 5 heteroatoms. The van der Waals surface area contributed by atoms with Crippen LogP contribution in [0.15, 0.2) is 42.5 Å². The van der Waals surface area contributed by atoms with Gasteiger partial charge in [-0.25, -0.2) is 9.37 Å². The molecule has 2 aromatic carbocycles. The van der Waals surface area contributed by atoms with Crippen LogP contribution in [0.1, 0.15) is 16.7 Å². The van der Waals surface area contributed by atoms with Crippen LogP contribution in [0.25, 0.3) is 22.4 Å². The maximum Gasteiger partial charge on any atom is 0.232 e. The molecule has 0 unspecified atom stereocenters. The maximum atomic E-state index is 14.6. The van der Waals surface area contributed by atoms with E-state index in [2.05, 4.69) is 11.1 Å². The van der Waals surface area contributed by atoms with Gasteiger partial charge in [-0.1, -0.05) is 35.9 Å². The van der Waals surface area contributed by atoms with Crippen molar-refractivity contribution in [2.45, 2.75) is 6.42 Å². The molecule has 4 rings (SSSR count). The Labute approximate surface area is 149 Å². The highest BCUT2D eigenvalue weighted by atomic mass is 35.5. The Morgan fingerprint density at radius 3 is 2.76 bits per heavy atom. The van der Waals surface area contributed by atoms with Crippen LogP contribution in [-0.2, 0) is 6.42 Å². The van der Waals surface area contributed by atoms with Gasteiger partial charge in [0.25, 0.3) is 0 Å². The first-order valence-corrected chi connectivity index (χ1v) is 8.06. The highest BCUT2D eigenvalue weighted by Gasteiger charge is 2.29. The molecule has 0 amide bonds. The lowest BCUT2D eigenvalue weighted by molar-refractivity contribution is 0.397. The predicted octanol–water partition coefficient (Wildman–Crippen LogP) is 4.99. The number of ether oxygens (including phenoxy) is 1. The van der Waals surface area contributed by atoms with Crippen LogP contribution in [-0.4, -0.2) is 12.1 Å². The molecule has 0 fully saturated rings. The van der Waals surface area contributed by atoms with E-state index in [-0.39, 0.29) is 17.0 Å². The topological polar surface area (TPSA) is 45.9 Å². The lowest BCUT2D eigenvalue weighted by Gasteiger charge is -2.14. The number of benzene rings is 2. The molecule has 25 heavy (non-hydrogen) atoms. The van der Waals surface area contributed by atoms with Gasteiger partial charge < -0.3 is 4.74 Å². The Hall–Kier alpha value is -2.90. The number of hydrogen-bond donors (Lipinski definition) is 0. The largest absolute Gasteiger partial charge is 0.480 e. The third kappa shape index (κ3) is 2.36. The molecule has 1 aromatic heterocycles. The zero-order valence-electron chi connectivity index (χ0n) is 13.3. The normalized spacial score (nSPS) is 11.6. The Morgan fingerprint density at radius 1 is 1.20 bits per heavy atom. The summed E-state index contributed by atoms with van der Waals surface area (Å²) in [5.74, 6) is -0.250. The maximum absolute atomic E-state index is 14.6. The summed E-state index contributed by atoms with van der Waals surface area (Å²) in [4.78, 5) is 4.52. The van der Waals surface area contributed by atoms with Crippen LogP contribution in [0.2, 0.25) is 5.02 Å². The van der Waals surface area contributed by atoms with Crippen LogP contribution in [0, 0.1) is 17.1 Å². The molecular weight excluding hydrogens is 339 g/mol. The van der Waals surface area contributed by atoms with E-state index >= 15 is 0 Å². The van der Waals surface area contributed by atoms with Crippen molar-refractivity contribution in [1.82, 2.24) is 4.98 Å². The number of hydrogen-bond acceptors (Lipinski definition) is 3. The lowest BCUT2D eigenvalue weighted by atomic mass is 9.94. The molecule has 3 aromatic rings. The zero-order valence-corrected chi connectivity index (χ0v) is 14.1. The summed E-state index contributed by atoms with van der Waals surface area (Å²) in [5.41, 5.74) is 4.61. The van der Waals surface area contributed by atoms with Gasteiger partial charge in [0.05, 0.1) is 12.8 Å². The Morgan fingerprint density at radius 2 is 2.00 bits per heavy atom. The highest BCUT2D eigenvalue weighted by molar-refractivity contribution is 6.30. The molecule has 0 spiro atoms. The average Bonchev–Trinajstić information content (AvgIpc) is 3.00. The molecule has 0 bridgehead atoms. The molecule has 0 saturated carbocycles. The molecule has 122 valence electrons. The Kier molecular flexibility index (Phi) is 3.67. The second-order valence-corrected chi connectivity index (χ2v) is 6.20. The molecule has 0 saturated heterocycles. The molecular formula is C20H12ClFN2O. The van der Waals surface area contributed by atoms with Crippen LogP contribution >= 0.6 is 11.6 Å². The van der Waals surface area contributed by atoms with Crippen molar-refractivity contribution in [3.8, 4) is 34.3 Å². The van der Waals surface area contributed by atoms with Gasteiger partial charge in [0.2, 0.25) is 5.88 Å². The fourth-order valence-electron chi connectivity index (χ4n) is 3.33. The summed E-state index contributed by atoms with van der Waals surface area (Å²) < 4.78 is 19.9. The van der Waals surface area contributed by atoms with Gasteiger partial charge in [-0.05, 0) is 29.3 Å². The van der Waals surface area contributed by atoms with E-state index in [1.54, 1.807) is 0 Å². The zero-order chi connectivity index (χ0) is 17.6. The fourth-order valence-corrected chi connectivity index (χ4v) is 3.50. The van der Waals surface area contributed by atoms with Crippen LogP contribution in [0.5, 0.6) is 5.88 Å². The predicted molar refractivity (Wildman–Crippen MR) is 94.1 cm³/mol. The van der Waals surface area contributed by atoms with Crippen LogP contribution in [0.3, 0.4) is 0 Å². The van der Waals surface area contributed by atoms with Gasteiger partial charge >= 0.3 is 0 Å². The third-order valence-electron chi connectivity index (χ3n) is 4.41. The summed E-state index contributed by atoms with van der Waals surface area (Å²) in [6.45, 7) is 0. The number of methoxy groups -OCH3 is 1. The number of rotatable bonds is 2. The first-order chi connectivity index (χ1) is 12.1. The number of nitrogens with zero attached hydrogens (tertiary/aromatic N) is 2. The quantitative estimate of drug-likeness (QED) is 0.511. The third-order valence-corrected chi connectivity index (χ3v) is 4.64.